The van der Waals surface area contributed by atoms with Gasteiger partial charge >= 0.3 is 0 Å². The fourth-order valence-corrected chi connectivity index (χ4v) is 14.3. The van der Waals surface area contributed by atoms with Gasteiger partial charge in [0.25, 0.3) is 0 Å². The molecule has 0 spiro atoms. The zero-order valence-corrected chi connectivity index (χ0v) is 41.2. The summed E-state index contributed by atoms with van der Waals surface area (Å²) in [5.74, 6) is 0. The molecular weight excluding hydrogens is 937 g/mol. The van der Waals surface area contributed by atoms with Crippen LogP contribution in [0.2, 0.25) is 0 Å². The van der Waals surface area contributed by atoms with Gasteiger partial charge in [0.15, 0.2) is 0 Å². The Balaban J connectivity index is 1.23. The van der Waals surface area contributed by atoms with Crippen LogP contribution in [0.4, 0.5) is 0 Å². The van der Waals surface area contributed by atoms with Crippen LogP contribution in [0.15, 0.2) is 231 Å². The van der Waals surface area contributed by atoms with Crippen molar-refractivity contribution in [2.45, 2.75) is 0 Å². The Morgan fingerprint density at radius 2 is 0.662 bits per heavy atom. The Morgan fingerprint density at radius 3 is 1.12 bits per heavy atom. The van der Waals surface area contributed by atoms with Crippen molar-refractivity contribution in [3.8, 4) is 68.0 Å². The largest absolute Gasteiger partial charge is 0.306 e. The number of hydrogen-bond donors (Lipinski definition) is 0. The molecule has 0 unspecified atom stereocenters. The van der Waals surface area contributed by atoms with E-state index in [1.54, 1.807) is 22.7 Å². The molecule has 0 radical (unpaired) electrons. The second-order valence-electron chi connectivity index (χ2n) is 18.9. The van der Waals surface area contributed by atoms with Crippen LogP contribution >= 0.6 is 22.7 Å². The molecule has 15 rings (SSSR count). The standard InChI is InChI=1S/C68H38N4S2/c69-39-55-61(45-23-15-21-43(37-45)41-17-3-1-4-18-41)56(40-70)64(72-58-30-12-8-26-48(58)52-34-36-54-50-28-10-14-32-60(50)74-68(54)66(52)72)62(46-24-16-22-44(38-46)42-19-5-2-6-20-42)63(55)71-57-29-11-7-25-47(57)51-33-35-53-49-27-9-13-31-59(49)73-67(53)65(51)71/h1-38H. The fourth-order valence-electron chi connectivity index (χ4n) is 11.8. The van der Waals surface area contributed by atoms with Gasteiger partial charge in [-0.15, -0.1) is 22.7 Å². The highest BCUT2D eigenvalue weighted by molar-refractivity contribution is 7.27. The molecule has 0 aliphatic heterocycles. The van der Waals surface area contributed by atoms with Crippen LogP contribution in [0.25, 0.3) is 140 Å². The van der Waals surface area contributed by atoms with E-state index in [1.807, 2.05) is 24.3 Å². The Morgan fingerprint density at radius 1 is 0.297 bits per heavy atom. The van der Waals surface area contributed by atoms with Crippen molar-refractivity contribution < 1.29 is 0 Å². The zero-order valence-electron chi connectivity index (χ0n) is 39.5. The van der Waals surface area contributed by atoms with Gasteiger partial charge in [-0.25, -0.2) is 0 Å². The number of thiophene rings is 2. The van der Waals surface area contributed by atoms with Gasteiger partial charge in [-0.1, -0.05) is 194 Å². The van der Waals surface area contributed by atoms with Gasteiger partial charge in [0.2, 0.25) is 0 Å². The quantitative estimate of drug-likeness (QED) is 0.167. The molecular formula is C68H38N4S2. The SMILES string of the molecule is N#Cc1c(-c2cccc(-c3ccccc3)c2)c(C#N)c(-n2c3ccccc3c3ccc4c5ccccc5sc4c32)c(-c2cccc(-c3ccccc3)c2)c1-n1c2ccccc2c2ccc3c4ccccc4sc3c21. The first-order valence-electron chi connectivity index (χ1n) is 24.7. The third-order valence-corrected chi connectivity index (χ3v) is 17.4. The third-order valence-electron chi connectivity index (χ3n) is 15.0. The van der Waals surface area contributed by atoms with Crippen molar-refractivity contribution in [2.24, 2.45) is 0 Å². The maximum Gasteiger partial charge on any atom is 0.102 e. The molecule has 0 bridgehead atoms. The second-order valence-corrected chi connectivity index (χ2v) is 21.0. The van der Waals surface area contributed by atoms with Crippen molar-refractivity contribution in [1.82, 2.24) is 9.13 Å². The molecule has 0 aliphatic rings. The first kappa shape index (κ1) is 42.2. The molecule has 74 heavy (non-hydrogen) atoms. The zero-order chi connectivity index (χ0) is 49.0. The first-order chi connectivity index (χ1) is 36.7. The Hall–Kier alpha value is -9.56. The monoisotopic (exact) mass is 974 g/mol. The number of nitrogens with zero attached hydrogens (tertiary/aromatic N) is 4. The summed E-state index contributed by atoms with van der Waals surface area (Å²) in [6, 6.07) is 87.1. The molecule has 342 valence electrons. The number of rotatable bonds is 6. The first-order valence-corrected chi connectivity index (χ1v) is 26.3. The van der Waals surface area contributed by atoms with E-state index in [0.717, 1.165) is 114 Å². The minimum atomic E-state index is 0.421. The Labute approximate surface area is 433 Å². The molecule has 4 aromatic heterocycles. The number of fused-ring (bicyclic) bond motifs is 14. The summed E-state index contributed by atoms with van der Waals surface area (Å²) in [5, 5.41) is 33.8. The van der Waals surface area contributed by atoms with Crippen molar-refractivity contribution in [3.05, 3.63) is 242 Å². The minimum absolute atomic E-state index is 0.421. The lowest BCUT2D eigenvalue weighted by molar-refractivity contribution is 1.13. The number of para-hydroxylation sites is 2. The molecule has 6 heteroatoms. The average molecular weight is 975 g/mol. The van der Waals surface area contributed by atoms with Crippen LogP contribution in [0.1, 0.15) is 11.1 Å². The summed E-state index contributed by atoms with van der Waals surface area (Å²) in [7, 11) is 0. The van der Waals surface area contributed by atoms with Gasteiger partial charge < -0.3 is 9.13 Å². The molecule has 4 nitrogen and oxygen atoms in total. The summed E-state index contributed by atoms with van der Waals surface area (Å²) >= 11 is 3.57. The number of hydrogen-bond acceptors (Lipinski definition) is 4. The summed E-state index contributed by atoms with van der Waals surface area (Å²) in [4.78, 5) is 0. The lowest BCUT2D eigenvalue weighted by Crippen LogP contribution is -2.11. The van der Waals surface area contributed by atoms with Gasteiger partial charge in [0.1, 0.15) is 12.1 Å². The van der Waals surface area contributed by atoms with Gasteiger partial charge in [-0.2, -0.15) is 10.5 Å². The van der Waals surface area contributed by atoms with Crippen LogP contribution in [-0.2, 0) is 0 Å². The van der Waals surface area contributed by atoms with Crippen LogP contribution in [0.5, 0.6) is 0 Å². The summed E-state index contributed by atoms with van der Waals surface area (Å²) in [6.07, 6.45) is 0. The second kappa shape index (κ2) is 16.5. The van der Waals surface area contributed by atoms with Crippen molar-refractivity contribution in [1.29, 1.82) is 10.5 Å². The predicted octanol–water partition coefficient (Wildman–Crippen LogP) is 19.0. The molecule has 15 aromatic rings. The van der Waals surface area contributed by atoms with Gasteiger partial charge in [0, 0.05) is 63.6 Å². The van der Waals surface area contributed by atoms with Crippen molar-refractivity contribution >= 4 is 107 Å². The van der Waals surface area contributed by atoms with E-state index in [4.69, 9.17) is 0 Å². The highest BCUT2D eigenvalue weighted by Gasteiger charge is 2.33. The van der Waals surface area contributed by atoms with Gasteiger partial charge in [0.05, 0.1) is 54.0 Å². The number of nitriles is 2. The Bertz CT molecular complexity index is 4690. The van der Waals surface area contributed by atoms with Crippen molar-refractivity contribution in [3.63, 3.8) is 0 Å². The van der Waals surface area contributed by atoms with Gasteiger partial charge in [-0.3, -0.25) is 0 Å². The summed E-state index contributed by atoms with van der Waals surface area (Å²) < 4.78 is 9.41. The van der Waals surface area contributed by atoms with E-state index >= 15 is 0 Å². The van der Waals surface area contributed by atoms with E-state index < -0.39 is 0 Å². The van der Waals surface area contributed by atoms with Gasteiger partial charge in [-0.05, 0) is 69.8 Å². The molecule has 0 saturated carbocycles. The van der Waals surface area contributed by atoms with Crippen molar-refractivity contribution in [2.75, 3.05) is 0 Å². The third kappa shape index (κ3) is 6.11. The molecule has 0 N–H and O–H groups in total. The lowest BCUT2D eigenvalue weighted by atomic mass is 9.85. The van der Waals surface area contributed by atoms with E-state index in [1.165, 1.54) is 20.2 Å². The maximum absolute atomic E-state index is 12.4. The fraction of sp³-hybridized carbons (Fsp3) is 0. The number of benzene rings is 11. The lowest BCUT2D eigenvalue weighted by Gasteiger charge is -2.26. The topological polar surface area (TPSA) is 57.4 Å². The highest BCUT2D eigenvalue weighted by atomic mass is 32.1. The van der Waals surface area contributed by atoms with E-state index in [0.29, 0.717) is 16.7 Å². The molecule has 0 fully saturated rings. The molecule has 0 saturated heterocycles. The Kier molecular flexibility index (Phi) is 9.40. The molecule has 0 amide bonds. The van der Waals surface area contributed by atoms with E-state index in [9.17, 15) is 10.5 Å². The molecule has 4 heterocycles. The maximum atomic E-state index is 12.4. The summed E-state index contributed by atoms with van der Waals surface area (Å²) in [6.45, 7) is 0. The van der Waals surface area contributed by atoms with Crippen LogP contribution in [0, 0.1) is 22.7 Å². The summed E-state index contributed by atoms with van der Waals surface area (Å²) in [5.41, 5.74) is 13.5. The predicted molar refractivity (Wildman–Crippen MR) is 312 cm³/mol. The van der Waals surface area contributed by atoms with E-state index in [-0.39, 0.29) is 0 Å². The smallest absolute Gasteiger partial charge is 0.102 e. The van der Waals surface area contributed by atoms with Crippen LogP contribution in [-0.4, -0.2) is 9.13 Å². The normalized spacial score (nSPS) is 11.8. The molecule has 0 atom stereocenters. The van der Waals surface area contributed by atoms with Crippen LogP contribution in [0.3, 0.4) is 0 Å². The average Bonchev–Trinajstić information content (AvgIpc) is 4.27. The van der Waals surface area contributed by atoms with Crippen LogP contribution < -0.4 is 0 Å². The van der Waals surface area contributed by atoms with E-state index in [2.05, 4.69) is 228 Å². The highest BCUT2D eigenvalue weighted by Crippen LogP contribution is 2.52. The molecule has 11 aromatic carbocycles. The minimum Gasteiger partial charge on any atom is -0.306 e. The molecule has 0 aliphatic carbocycles. The number of aromatic nitrogens is 2.